The molecule has 2 aliphatic rings. The molecule has 1 aliphatic heterocycles. The third-order valence-corrected chi connectivity index (χ3v) is 10.4. The van der Waals surface area contributed by atoms with Crippen LogP contribution in [0.2, 0.25) is 12.6 Å². The highest BCUT2D eigenvalue weighted by atomic mass is 19.1. The van der Waals surface area contributed by atoms with Crippen LogP contribution in [-0.4, -0.2) is 11.7 Å². The van der Waals surface area contributed by atoms with Gasteiger partial charge in [0.05, 0.1) is 5.69 Å². The first kappa shape index (κ1) is 22.6. The van der Waals surface area contributed by atoms with Crippen molar-refractivity contribution < 1.29 is 4.39 Å². The minimum atomic E-state index is -0.228. The maximum Gasteiger partial charge on any atom is 0.179 e. The SMILES string of the molecule is CC1(C)CB(c2ccc(-c3cc(F)c4c(c3)C(C)(C)C(C)(C)C4(C)C)nc2)CC1(C)C. The number of aromatic nitrogens is 1. The summed E-state index contributed by atoms with van der Waals surface area (Å²) in [5.74, 6) is -0.0960. The van der Waals surface area contributed by atoms with Crippen molar-refractivity contribution >= 4 is 12.2 Å². The van der Waals surface area contributed by atoms with Crippen molar-refractivity contribution in [3.05, 3.63) is 47.4 Å². The predicted molar refractivity (Wildman–Crippen MR) is 132 cm³/mol. The molecule has 1 aromatic heterocycles. The van der Waals surface area contributed by atoms with E-state index in [0.717, 1.165) is 22.4 Å². The average molecular weight is 419 g/mol. The van der Waals surface area contributed by atoms with Crippen molar-refractivity contribution in [2.24, 2.45) is 16.2 Å². The van der Waals surface area contributed by atoms with Crippen LogP contribution in [0.15, 0.2) is 30.5 Å². The maximum atomic E-state index is 15.5. The maximum absolute atomic E-state index is 15.5. The van der Waals surface area contributed by atoms with Gasteiger partial charge in [0.15, 0.2) is 6.71 Å². The molecule has 2 aromatic rings. The molecule has 0 atom stereocenters. The molecule has 0 saturated carbocycles. The first-order chi connectivity index (χ1) is 14.0. The number of pyridine rings is 1. The van der Waals surface area contributed by atoms with Crippen LogP contribution < -0.4 is 5.46 Å². The second-order valence-corrected chi connectivity index (χ2v) is 13.1. The smallest absolute Gasteiger partial charge is 0.179 e. The van der Waals surface area contributed by atoms with Crippen LogP contribution in [-0.2, 0) is 10.8 Å². The molecule has 0 radical (unpaired) electrons. The highest BCUT2D eigenvalue weighted by molar-refractivity contribution is 6.74. The molecule has 1 nitrogen and oxygen atoms in total. The second kappa shape index (κ2) is 6.45. The molecule has 1 saturated heterocycles. The largest absolute Gasteiger partial charge is 0.257 e. The number of hydrogen-bond donors (Lipinski definition) is 0. The molecule has 0 unspecified atom stereocenters. The van der Waals surface area contributed by atoms with Gasteiger partial charge in [-0.3, -0.25) is 4.98 Å². The van der Waals surface area contributed by atoms with Crippen molar-refractivity contribution in [2.45, 2.75) is 92.7 Å². The molecule has 0 N–H and O–H groups in total. The Bertz CT molecular complexity index is 1010. The third kappa shape index (κ3) is 2.98. The van der Waals surface area contributed by atoms with E-state index in [1.165, 1.54) is 18.1 Å². The summed E-state index contributed by atoms with van der Waals surface area (Å²) in [4.78, 5) is 4.81. The summed E-state index contributed by atoms with van der Waals surface area (Å²) in [6, 6.07) is 8.20. The van der Waals surface area contributed by atoms with Crippen LogP contribution in [0.5, 0.6) is 0 Å². The Hall–Kier alpha value is -1.64. The van der Waals surface area contributed by atoms with Gasteiger partial charge in [-0.2, -0.15) is 0 Å². The minimum absolute atomic E-state index is 0.0544. The Morgan fingerprint density at radius 3 is 1.90 bits per heavy atom. The average Bonchev–Trinajstić information content (AvgIpc) is 2.93. The third-order valence-electron chi connectivity index (χ3n) is 10.4. The molecule has 166 valence electrons. The monoisotopic (exact) mass is 419 g/mol. The molecule has 0 spiro atoms. The zero-order valence-electron chi connectivity index (χ0n) is 21.2. The van der Waals surface area contributed by atoms with E-state index < -0.39 is 0 Å². The number of benzene rings is 1. The van der Waals surface area contributed by atoms with Crippen molar-refractivity contribution in [3.63, 3.8) is 0 Å². The van der Waals surface area contributed by atoms with E-state index in [9.17, 15) is 0 Å². The van der Waals surface area contributed by atoms with Gasteiger partial charge in [-0.1, -0.05) is 93.4 Å². The van der Waals surface area contributed by atoms with Crippen LogP contribution in [0.3, 0.4) is 0 Å². The predicted octanol–water partition coefficient (Wildman–Crippen LogP) is 7.25. The number of halogens is 1. The fourth-order valence-corrected chi connectivity index (χ4v) is 6.22. The molecule has 4 rings (SSSR count). The molecule has 1 aromatic carbocycles. The molecule has 1 fully saturated rings. The molecule has 3 heteroatoms. The standard InChI is InChI=1S/C28H39BFN/c1-24(2)16-29(17-25(24,3)4)19-11-12-22(31-15-19)18-13-20-23(21(30)14-18)27(7,8)28(9,10)26(20,5)6/h11-15H,16-17H2,1-10H3. The van der Waals surface area contributed by atoms with Crippen molar-refractivity contribution in [1.82, 2.24) is 4.98 Å². The van der Waals surface area contributed by atoms with E-state index in [0.29, 0.717) is 17.5 Å². The molecule has 31 heavy (non-hydrogen) atoms. The van der Waals surface area contributed by atoms with E-state index in [-0.39, 0.29) is 22.1 Å². The van der Waals surface area contributed by atoms with E-state index >= 15 is 4.39 Å². The second-order valence-electron chi connectivity index (χ2n) is 13.1. The fraction of sp³-hybridized carbons (Fsp3) is 0.607. The first-order valence-electron chi connectivity index (χ1n) is 11.8. The fourth-order valence-electron chi connectivity index (χ4n) is 6.22. The lowest BCUT2D eigenvalue weighted by molar-refractivity contribution is 0.123. The summed E-state index contributed by atoms with van der Waals surface area (Å²) in [6.45, 7) is 23.5. The van der Waals surface area contributed by atoms with Crippen molar-refractivity contribution in [3.8, 4) is 11.3 Å². The van der Waals surface area contributed by atoms with E-state index in [1.807, 2.05) is 6.20 Å². The molecular weight excluding hydrogens is 380 g/mol. The van der Waals surface area contributed by atoms with Gasteiger partial charge in [0.25, 0.3) is 0 Å². The number of nitrogens with zero attached hydrogens (tertiary/aromatic N) is 1. The Labute approximate surface area is 189 Å². The number of rotatable bonds is 2. The summed E-state index contributed by atoms with van der Waals surface area (Å²) < 4.78 is 15.5. The van der Waals surface area contributed by atoms with Gasteiger partial charge in [0.1, 0.15) is 5.82 Å². The van der Waals surface area contributed by atoms with Gasteiger partial charge in [-0.05, 0) is 56.4 Å². The molecular formula is C28H39BFN. The molecule has 0 amide bonds. The van der Waals surface area contributed by atoms with Gasteiger partial charge in [0.2, 0.25) is 0 Å². The lowest BCUT2D eigenvalue weighted by Crippen LogP contribution is -2.42. The van der Waals surface area contributed by atoms with E-state index in [4.69, 9.17) is 4.98 Å². The van der Waals surface area contributed by atoms with Gasteiger partial charge < -0.3 is 0 Å². The minimum Gasteiger partial charge on any atom is -0.257 e. The Kier molecular flexibility index (Phi) is 4.70. The summed E-state index contributed by atoms with van der Waals surface area (Å²) in [5, 5.41) is 0. The quantitative estimate of drug-likeness (QED) is 0.467. The van der Waals surface area contributed by atoms with Gasteiger partial charge >= 0.3 is 0 Å². The van der Waals surface area contributed by atoms with Gasteiger partial charge in [-0.15, -0.1) is 0 Å². The summed E-state index contributed by atoms with van der Waals surface area (Å²) in [6.07, 6.45) is 4.40. The zero-order chi connectivity index (χ0) is 23.2. The highest BCUT2D eigenvalue weighted by Gasteiger charge is 2.58. The topological polar surface area (TPSA) is 12.9 Å². The van der Waals surface area contributed by atoms with Crippen LogP contribution in [0, 0.1) is 22.1 Å². The van der Waals surface area contributed by atoms with Gasteiger partial charge in [0, 0.05) is 11.8 Å². The molecule has 0 bridgehead atoms. The van der Waals surface area contributed by atoms with Crippen LogP contribution in [0.1, 0.15) is 80.4 Å². The Morgan fingerprint density at radius 2 is 1.39 bits per heavy atom. The number of fused-ring (bicyclic) bond motifs is 1. The zero-order valence-corrected chi connectivity index (χ0v) is 21.2. The van der Waals surface area contributed by atoms with Crippen LogP contribution in [0.4, 0.5) is 4.39 Å². The normalized spacial score (nSPS) is 24.3. The Balaban J connectivity index is 1.71. The van der Waals surface area contributed by atoms with Crippen molar-refractivity contribution in [2.75, 3.05) is 0 Å². The summed E-state index contributed by atoms with van der Waals surface area (Å²) in [7, 11) is 0. The molecule has 1 aliphatic carbocycles. The number of hydrogen-bond acceptors (Lipinski definition) is 1. The summed E-state index contributed by atoms with van der Waals surface area (Å²) in [5.41, 5.74) is 5.30. The van der Waals surface area contributed by atoms with Crippen LogP contribution >= 0.6 is 0 Å². The molecule has 2 heterocycles. The van der Waals surface area contributed by atoms with E-state index in [1.54, 1.807) is 6.07 Å². The van der Waals surface area contributed by atoms with E-state index in [2.05, 4.69) is 87.4 Å². The Morgan fingerprint density at radius 1 is 0.806 bits per heavy atom. The van der Waals surface area contributed by atoms with Crippen LogP contribution in [0.25, 0.3) is 11.3 Å². The lowest BCUT2D eigenvalue weighted by Gasteiger charge is -2.44. The lowest BCUT2D eigenvalue weighted by atomic mass is 9.42. The highest BCUT2D eigenvalue weighted by Crippen LogP contribution is 2.62. The van der Waals surface area contributed by atoms with Crippen molar-refractivity contribution in [1.29, 1.82) is 0 Å². The first-order valence-corrected chi connectivity index (χ1v) is 11.8. The van der Waals surface area contributed by atoms with Gasteiger partial charge in [-0.25, -0.2) is 4.39 Å². The summed E-state index contributed by atoms with van der Waals surface area (Å²) >= 11 is 0.